The number of benzene rings is 2. The predicted molar refractivity (Wildman–Crippen MR) is 84.7 cm³/mol. The second kappa shape index (κ2) is 6.97. The number of para-hydroxylation sites is 1. The van der Waals surface area contributed by atoms with Gasteiger partial charge in [-0.1, -0.05) is 35.3 Å². The minimum Gasteiger partial charge on any atom is -0.482 e. The van der Waals surface area contributed by atoms with Gasteiger partial charge in [0.1, 0.15) is 5.75 Å². The molecule has 0 bridgehead atoms. The van der Waals surface area contributed by atoms with Crippen molar-refractivity contribution in [1.82, 2.24) is 0 Å². The molecule has 0 heterocycles. The molecule has 1 N–H and O–H groups in total. The van der Waals surface area contributed by atoms with E-state index in [1.54, 1.807) is 42.5 Å². The van der Waals surface area contributed by atoms with E-state index in [4.69, 9.17) is 27.9 Å². The van der Waals surface area contributed by atoms with Crippen molar-refractivity contribution in [2.75, 3.05) is 11.9 Å². The number of hydrogen-bond acceptors (Lipinski definition) is 2. The zero-order chi connectivity index (χ0) is 14.5. The van der Waals surface area contributed by atoms with Crippen LogP contribution >= 0.6 is 39.1 Å². The van der Waals surface area contributed by atoms with Gasteiger partial charge in [-0.05, 0) is 46.3 Å². The summed E-state index contributed by atoms with van der Waals surface area (Å²) in [6.07, 6.45) is 0. The molecule has 0 atom stereocenters. The van der Waals surface area contributed by atoms with Gasteiger partial charge in [-0.25, -0.2) is 0 Å². The van der Waals surface area contributed by atoms with Crippen molar-refractivity contribution < 1.29 is 9.53 Å². The number of amides is 1. The van der Waals surface area contributed by atoms with Crippen LogP contribution in [0.15, 0.2) is 46.9 Å². The number of carbonyl (C=O) groups is 1. The standard InChI is InChI=1S/C14H10BrCl2NO2/c15-10-6-5-9(7-12(10)17)18-14(19)8-20-13-4-2-1-3-11(13)16/h1-7H,8H2,(H,18,19). The first-order chi connectivity index (χ1) is 9.56. The van der Waals surface area contributed by atoms with Crippen molar-refractivity contribution in [3.05, 3.63) is 57.0 Å². The first-order valence-electron chi connectivity index (χ1n) is 5.68. The van der Waals surface area contributed by atoms with Crippen LogP contribution in [0.3, 0.4) is 0 Å². The molecule has 2 rings (SSSR count). The lowest BCUT2D eigenvalue weighted by Gasteiger charge is -2.09. The fourth-order valence-electron chi connectivity index (χ4n) is 1.48. The molecule has 0 spiro atoms. The van der Waals surface area contributed by atoms with Gasteiger partial charge in [-0.3, -0.25) is 4.79 Å². The Hall–Kier alpha value is -1.23. The van der Waals surface area contributed by atoms with Gasteiger partial charge < -0.3 is 10.1 Å². The van der Waals surface area contributed by atoms with Crippen LogP contribution in [0.25, 0.3) is 0 Å². The Morgan fingerprint density at radius 2 is 1.90 bits per heavy atom. The van der Waals surface area contributed by atoms with E-state index in [-0.39, 0.29) is 12.5 Å². The van der Waals surface area contributed by atoms with E-state index in [9.17, 15) is 4.79 Å². The second-order valence-corrected chi connectivity index (χ2v) is 5.56. The molecule has 0 aliphatic carbocycles. The monoisotopic (exact) mass is 373 g/mol. The van der Waals surface area contributed by atoms with Crippen LogP contribution in [-0.4, -0.2) is 12.5 Å². The second-order valence-electron chi connectivity index (χ2n) is 3.90. The fraction of sp³-hybridized carbons (Fsp3) is 0.0714. The Kier molecular flexibility index (Phi) is 5.29. The minimum absolute atomic E-state index is 0.128. The minimum atomic E-state index is -0.289. The highest BCUT2D eigenvalue weighted by Crippen LogP contribution is 2.26. The van der Waals surface area contributed by atoms with Gasteiger partial charge in [0.2, 0.25) is 0 Å². The summed E-state index contributed by atoms with van der Waals surface area (Å²) >= 11 is 15.2. The lowest BCUT2D eigenvalue weighted by Crippen LogP contribution is -2.20. The quantitative estimate of drug-likeness (QED) is 0.836. The summed E-state index contributed by atoms with van der Waals surface area (Å²) in [7, 11) is 0. The van der Waals surface area contributed by atoms with Gasteiger partial charge in [0, 0.05) is 10.2 Å². The predicted octanol–water partition coefficient (Wildman–Crippen LogP) is 4.77. The molecule has 6 heteroatoms. The van der Waals surface area contributed by atoms with Gasteiger partial charge >= 0.3 is 0 Å². The SMILES string of the molecule is O=C(COc1ccccc1Cl)Nc1ccc(Br)c(Cl)c1. The van der Waals surface area contributed by atoms with Crippen molar-refractivity contribution in [3.8, 4) is 5.75 Å². The van der Waals surface area contributed by atoms with Gasteiger partial charge in [0.05, 0.1) is 10.0 Å². The lowest BCUT2D eigenvalue weighted by molar-refractivity contribution is -0.118. The Morgan fingerprint density at radius 1 is 1.15 bits per heavy atom. The zero-order valence-corrected chi connectivity index (χ0v) is 13.3. The number of nitrogens with one attached hydrogen (secondary N) is 1. The number of ether oxygens (including phenoxy) is 1. The number of hydrogen-bond donors (Lipinski definition) is 1. The van der Waals surface area contributed by atoms with Crippen LogP contribution in [0.5, 0.6) is 5.75 Å². The summed E-state index contributed by atoms with van der Waals surface area (Å²) in [6, 6.07) is 12.1. The van der Waals surface area contributed by atoms with Gasteiger partial charge in [0.25, 0.3) is 5.91 Å². The third kappa shape index (κ3) is 4.13. The summed E-state index contributed by atoms with van der Waals surface area (Å²) in [4.78, 5) is 11.8. The number of halogens is 3. The van der Waals surface area contributed by atoms with Crippen molar-refractivity contribution in [2.45, 2.75) is 0 Å². The lowest BCUT2D eigenvalue weighted by atomic mass is 10.3. The van der Waals surface area contributed by atoms with Crippen molar-refractivity contribution in [1.29, 1.82) is 0 Å². The Balaban J connectivity index is 1.93. The molecule has 0 unspecified atom stereocenters. The molecule has 0 fully saturated rings. The van der Waals surface area contributed by atoms with Crippen LogP contribution in [0.4, 0.5) is 5.69 Å². The van der Waals surface area contributed by atoms with Crippen LogP contribution in [-0.2, 0) is 4.79 Å². The first-order valence-corrected chi connectivity index (χ1v) is 7.23. The van der Waals surface area contributed by atoms with Crippen molar-refractivity contribution in [3.63, 3.8) is 0 Å². The maximum absolute atomic E-state index is 11.8. The molecule has 0 saturated carbocycles. The molecule has 0 aromatic heterocycles. The van der Waals surface area contributed by atoms with E-state index in [1.807, 2.05) is 0 Å². The molecule has 1 amide bonds. The van der Waals surface area contributed by atoms with Gasteiger partial charge in [0.15, 0.2) is 6.61 Å². The molecular formula is C14H10BrCl2NO2. The van der Waals surface area contributed by atoms with Crippen molar-refractivity contribution >= 4 is 50.7 Å². The van der Waals surface area contributed by atoms with E-state index in [0.29, 0.717) is 21.5 Å². The average molecular weight is 375 g/mol. The molecule has 2 aromatic carbocycles. The molecule has 104 valence electrons. The molecule has 2 aromatic rings. The highest BCUT2D eigenvalue weighted by Gasteiger charge is 2.07. The van der Waals surface area contributed by atoms with E-state index in [0.717, 1.165) is 4.47 Å². The molecule has 0 saturated heterocycles. The Bertz CT molecular complexity index is 634. The summed E-state index contributed by atoms with van der Waals surface area (Å²) < 4.78 is 6.11. The van der Waals surface area contributed by atoms with Crippen LogP contribution in [0.2, 0.25) is 10.0 Å². The Labute approximate surface area is 135 Å². The first kappa shape index (κ1) is 15.2. The zero-order valence-electron chi connectivity index (χ0n) is 10.2. The van der Waals surface area contributed by atoms with E-state index < -0.39 is 0 Å². The Morgan fingerprint density at radius 3 is 2.60 bits per heavy atom. The number of anilines is 1. The molecule has 0 aliphatic rings. The van der Waals surface area contributed by atoms with E-state index in [2.05, 4.69) is 21.2 Å². The van der Waals surface area contributed by atoms with Gasteiger partial charge in [-0.15, -0.1) is 0 Å². The van der Waals surface area contributed by atoms with E-state index >= 15 is 0 Å². The highest BCUT2D eigenvalue weighted by molar-refractivity contribution is 9.10. The summed E-state index contributed by atoms with van der Waals surface area (Å²) in [5.41, 5.74) is 0.603. The van der Waals surface area contributed by atoms with E-state index in [1.165, 1.54) is 0 Å². The number of carbonyl (C=O) groups excluding carboxylic acids is 1. The molecular weight excluding hydrogens is 365 g/mol. The van der Waals surface area contributed by atoms with Crippen LogP contribution < -0.4 is 10.1 Å². The molecule has 20 heavy (non-hydrogen) atoms. The van der Waals surface area contributed by atoms with Crippen LogP contribution in [0, 0.1) is 0 Å². The smallest absolute Gasteiger partial charge is 0.262 e. The fourth-order valence-corrected chi connectivity index (χ4v) is 2.09. The maximum atomic E-state index is 11.8. The highest BCUT2D eigenvalue weighted by atomic mass is 79.9. The number of rotatable bonds is 4. The molecule has 0 aliphatic heterocycles. The molecule has 3 nitrogen and oxygen atoms in total. The van der Waals surface area contributed by atoms with Gasteiger partial charge in [-0.2, -0.15) is 0 Å². The van der Waals surface area contributed by atoms with Crippen molar-refractivity contribution in [2.24, 2.45) is 0 Å². The van der Waals surface area contributed by atoms with Crippen LogP contribution in [0.1, 0.15) is 0 Å². The maximum Gasteiger partial charge on any atom is 0.262 e. The summed E-state index contributed by atoms with van der Waals surface area (Å²) in [6.45, 7) is -0.128. The third-order valence-electron chi connectivity index (χ3n) is 2.40. The molecule has 0 radical (unpaired) electrons. The normalized spacial score (nSPS) is 10.2. The largest absolute Gasteiger partial charge is 0.482 e. The summed E-state index contributed by atoms with van der Waals surface area (Å²) in [5.74, 6) is 0.182. The summed E-state index contributed by atoms with van der Waals surface area (Å²) in [5, 5.41) is 3.68. The third-order valence-corrected chi connectivity index (χ3v) is 3.94. The average Bonchev–Trinajstić information content (AvgIpc) is 2.42. The topological polar surface area (TPSA) is 38.3 Å².